The number of rotatable bonds is 4. The van der Waals surface area contributed by atoms with Crippen LogP contribution in [0.3, 0.4) is 0 Å². The molecule has 0 radical (unpaired) electrons. The zero-order valence-electron chi connectivity index (χ0n) is 14.1. The zero-order valence-corrected chi connectivity index (χ0v) is 15.7. The predicted molar refractivity (Wildman–Crippen MR) is 99.7 cm³/mol. The summed E-state index contributed by atoms with van der Waals surface area (Å²) in [6.45, 7) is 4.05. The molecule has 1 saturated carbocycles. The summed E-state index contributed by atoms with van der Waals surface area (Å²) in [7, 11) is 2.15. The van der Waals surface area contributed by atoms with Crippen LogP contribution >= 0.6 is 15.9 Å². The molecule has 4 rings (SSSR count). The first-order valence-electron chi connectivity index (χ1n) is 8.55. The molecule has 24 heavy (non-hydrogen) atoms. The van der Waals surface area contributed by atoms with E-state index >= 15 is 0 Å². The highest BCUT2D eigenvalue weighted by molar-refractivity contribution is 9.10. The van der Waals surface area contributed by atoms with Crippen LogP contribution in [-0.2, 0) is 0 Å². The van der Waals surface area contributed by atoms with E-state index in [1.54, 1.807) is 0 Å². The van der Waals surface area contributed by atoms with Gasteiger partial charge in [0.1, 0.15) is 17.5 Å². The molecule has 1 aliphatic carbocycles. The third kappa shape index (κ3) is 3.11. The van der Waals surface area contributed by atoms with Crippen LogP contribution in [-0.4, -0.2) is 41.1 Å². The lowest BCUT2D eigenvalue weighted by Gasteiger charge is -2.26. The number of hydrogen-bond acceptors (Lipinski definition) is 5. The summed E-state index contributed by atoms with van der Waals surface area (Å²) in [6.07, 6.45) is 5.49. The van der Waals surface area contributed by atoms with Crippen LogP contribution in [0, 0.1) is 6.92 Å². The van der Waals surface area contributed by atoms with Crippen LogP contribution in [0.1, 0.15) is 36.7 Å². The molecule has 1 saturated heterocycles. The van der Waals surface area contributed by atoms with E-state index in [1.807, 2.05) is 19.2 Å². The van der Waals surface area contributed by atoms with Crippen molar-refractivity contribution in [2.45, 2.75) is 38.1 Å². The highest BCUT2D eigenvalue weighted by Gasteiger charge is 2.30. The molecule has 2 aromatic heterocycles. The van der Waals surface area contributed by atoms with Crippen molar-refractivity contribution in [2.75, 3.05) is 29.9 Å². The molecule has 0 N–H and O–H groups in total. The molecule has 3 heterocycles. The highest BCUT2D eigenvalue weighted by Crippen LogP contribution is 2.38. The second-order valence-corrected chi connectivity index (χ2v) is 7.64. The quantitative estimate of drug-likeness (QED) is 0.802. The monoisotopic (exact) mass is 387 g/mol. The SMILES string of the molecule is Cc1nc(N2CCC(N(C)c3ccnc(C4CC4)n3)C2)ccc1Br. The fraction of sp³-hybridized carbons (Fsp3) is 0.500. The molecule has 0 amide bonds. The maximum absolute atomic E-state index is 4.78. The van der Waals surface area contributed by atoms with Crippen molar-refractivity contribution in [2.24, 2.45) is 0 Å². The smallest absolute Gasteiger partial charge is 0.133 e. The number of aryl methyl sites for hydroxylation is 1. The Balaban J connectivity index is 1.47. The Bertz CT molecular complexity index is 746. The molecular weight excluding hydrogens is 366 g/mol. The molecule has 0 spiro atoms. The average Bonchev–Trinajstić information content (AvgIpc) is 3.34. The van der Waals surface area contributed by atoms with Crippen LogP contribution < -0.4 is 9.80 Å². The van der Waals surface area contributed by atoms with Crippen molar-refractivity contribution in [1.29, 1.82) is 0 Å². The second kappa shape index (κ2) is 6.31. The molecule has 1 atom stereocenters. The number of aromatic nitrogens is 3. The second-order valence-electron chi connectivity index (χ2n) is 6.78. The van der Waals surface area contributed by atoms with Crippen molar-refractivity contribution in [3.8, 4) is 0 Å². The molecule has 2 fully saturated rings. The largest absolute Gasteiger partial charge is 0.355 e. The molecule has 126 valence electrons. The summed E-state index contributed by atoms with van der Waals surface area (Å²) in [5.74, 6) is 3.71. The maximum atomic E-state index is 4.78. The van der Waals surface area contributed by atoms with E-state index in [9.17, 15) is 0 Å². The van der Waals surface area contributed by atoms with Crippen molar-refractivity contribution in [3.05, 3.63) is 40.4 Å². The van der Waals surface area contributed by atoms with Crippen LogP contribution in [0.25, 0.3) is 0 Å². The van der Waals surface area contributed by atoms with Gasteiger partial charge in [0.15, 0.2) is 0 Å². The minimum Gasteiger partial charge on any atom is -0.355 e. The first-order valence-corrected chi connectivity index (χ1v) is 9.35. The van der Waals surface area contributed by atoms with Gasteiger partial charge in [0.2, 0.25) is 0 Å². The molecule has 0 aromatic carbocycles. The predicted octanol–water partition coefficient (Wildman–Crippen LogP) is 3.54. The molecular formula is C18H22BrN5. The van der Waals surface area contributed by atoms with Gasteiger partial charge in [0.05, 0.1) is 5.69 Å². The molecule has 1 aliphatic heterocycles. The lowest BCUT2D eigenvalue weighted by molar-refractivity contribution is 0.679. The number of halogens is 1. The zero-order chi connectivity index (χ0) is 16.7. The normalized spacial score (nSPS) is 20.5. The Morgan fingerprint density at radius 2 is 2.00 bits per heavy atom. The molecule has 6 heteroatoms. The number of hydrogen-bond donors (Lipinski definition) is 0. The van der Waals surface area contributed by atoms with E-state index in [2.05, 4.69) is 49.9 Å². The van der Waals surface area contributed by atoms with Gasteiger partial charge >= 0.3 is 0 Å². The van der Waals surface area contributed by atoms with E-state index < -0.39 is 0 Å². The van der Waals surface area contributed by atoms with Crippen molar-refractivity contribution < 1.29 is 0 Å². The van der Waals surface area contributed by atoms with Crippen molar-refractivity contribution in [3.63, 3.8) is 0 Å². The van der Waals surface area contributed by atoms with Crippen molar-refractivity contribution in [1.82, 2.24) is 15.0 Å². The lowest BCUT2D eigenvalue weighted by atomic mass is 10.2. The van der Waals surface area contributed by atoms with Gasteiger partial charge in [-0.25, -0.2) is 15.0 Å². The Kier molecular flexibility index (Phi) is 4.16. The standard InChI is InChI=1S/C18H22BrN5/c1-12-15(19)5-6-17(21-12)24-10-8-14(11-24)23(2)16-7-9-20-18(22-16)13-3-4-13/h5-7,9,13-14H,3-4,8,10-11H2,1-2H3. The Morgan fingerprint density at radius 1 is 1.17 bits per heavy atom. The van der Waals surface area contributed by atoms with E-state index in [1.165, 1.54) is 12.8 Å². The fourth-order valence-corrected chi connectivity index (χ4v) is 3.48. The van der Waals surface area contributed by atoms with Gasteiger partial charge in [-0.2, -0.15) is 0 Å². The van der Waals surface area contributed by atoms with Crippen molar-refractivity contribution >= 4 is 27.6 Å². The van der Waals surface area contributed by atoms with Crippen LogP contribution in [0.5, 0.6) is 0 Å². The van der Waals surface area contributed by atoms with Gasteiger partial charge in [-0.1, -0.05) is 0 Å². The van der Waals surface area contributed by atoms with Gasteiger partial charge in [-0.15, -0.1) is 0 Å². The minimum atomic E-state index is 0.456. The average molecular weight is 388 g/mol. The summed E-state index contributed by atoms with van der Waals surface area (Å²) < 4.78 is 1.06. The van der Waals surface area contributed by atoms with E-state index in [0.29, 0.717) is 12.0 Å². The number of anilines is 2. The Hall–Kier alpha value is -1.69. The van der Waals surface area contributed by atoms with E-state index in [-0.39, 0.29) is 0 Å². The third-order valence-corrected chi connectivity index (χ3v) is 5.84. The van der Waals surface area contributed by atoms with Crippen LogP contribution in [0.4, 0.5) is 11.6 Å². The lowest BCUT2D eigenvalue weighted by Crippen LogP contribution is -2.35. The minimum absolute atomic E-state index is 0.456. The van der Waals surface area contributed by atoms with Gasteiger partial charge < -0.3 is 9.80 Å². The van der Waals surface area contributed by atoms with Crippen LogP contribution in [0.2, 0.25) is 0 Å². The molecule has 5 nitrogen and oxygen atoms in total. The number of nitrogens with zero attached hydrogens (tertiary/aromatic N) is 5. The summed E-state index contributed by atoms with van der Waals surface area (Å²) in [4.78, 5) is 18.6. The molecule has 1 unspecified atom stereocenters. The van der Waals surface area contributed by atoms with Gasteiger partial charge in [-0.3, -0.25) is 0 Å². The summed E-state index contributed by atoms with van der Waals surface area (Å²) in [6, 6.07) is 6.66. The van der Waals surface area contributed by atoms with Gasteiger partial charge in [0.25, 0.3) is 0 Å². The van der Waals surface area contributed by atoms with E-state index in [0.717, 1.165) is 47.1 Å². The van der Waals surface area contributed by atoms with E-state index in [4.69, 9.17) is 9.97 Å². The highest BCUT2D eigenvalue weighted by atomic mass is 79.9. The Labute approximate surface area is 151 Å². The third-order valence-electron chi connectivity index (χ3n) is 5.01. The van der Waals surface area contributed by atoms with Crippen LogP contribution in [0.15, 0.2) is 28.9 Å². The molecule has 2 aliphatic rings. The Morgan fingerprint density at radius 3 is 2.75 bits per heavy atom. The number of pyridine rings is 1. The summed E-state index contributed by atoms with van der Waals surface area (Å²) >= 11 is 3.52. The maximum Gasteiger partial charge on any atom is 0.133 e. The molecule has 2 aromatic rings. The van der Waals surface area contributed by atoms with Gasteiger partial charge in [0, 0.05) is 42.8 Å². The number of likely N-dealkylation sites (N-methyl/N-ethyl adjacent to an activating group) is 1. The topological polar surface area (TPSA) is 45.2 Å². The first-order chi connectivity index (χ1) is 11.6. The van der Waals surface area contributed by atoms with Gasteiger partial charge in [-0.05, 0) is 60.3 Å². The fourth-order valence-electron chi connectivity index (χ4n) is 3.26. The summed E-state index contributed by atoms with van der Waals surface area (Å²) in [5, 5.41) is 0. The first kappa shape index (κ1) is 15.8. The molecule has 0 bridgehead atoms. The summed E-state index contributed by atoms with van der Waals surface area (Å²) in [5.41, 5.74) is 1.04.